The molecule has 1 atom stereocenters. The minimum absolute atomic E-state index is 0.0536. The molecule has 7 nitrogen and oxygen atoms in total. The molecule has 0 aromatic heterocycles. The summed E-state index contributed by atoms with van der Waals surface area (Å²) in [6.07, 6.45) is 1.33. The van der Waals surface area contributed by atoms with E-state index in [4.69, 9.17) is 4.74 Å². The van der Waals surface area contributed by atoms with Crippen LogP contribution in [-0.4, -0.2) is 38.0 Å². The fraction of sp³-hybridized carbons (Fsp3) is 0.500. The van der Waals surface area contributed by atoms with Crippen molar-refractivity contribution in [2.24, 2.45) is 0 Å². The van der Waals surface area contributed by atoms with Gasteiger partial charge in [-0.25, -0.2) is 8.42 Å². The summed E-state index contributed by atoms with van der Waals surface area (Å²) >= 11 is 0. The average molecular weight is 300 g/mol. The Balaban J connectivity index is 2.20. The van der Waals surface area contributed by atoms with E-state index in [1.54, 1.807) is 6.07 Å². The van der Waals surface area contributed by atoms with E-state index in [1.165, 1.54) is 19.2 Å². The lowest BCUT2D eigenvalue weighted by atomic mass is 10.1. The van der Waals surface area contributed by atoms with Crippen molar-refractivity contribution >= 4 is 21.2 Å². The van der Waals surface area contributed by atoms with E-state index in [2.05, 4.69) is 5.32 Å². The van der Waals surface area contributed by atoms with Gasteiger partial charge in [0, 0.05) is 23.9 Å². The number of sulfone groups is 1. The van der Waals surface area contributed by atoms with Crippen LogP contribution in [0.25, 0.3) is 0 Å². The van der Waals surface area contributed by atoms with Crippen molar-refractivity contribution in [3.63, 3.8) is 0 Å². The maximum Gasteiger partial charge on any atom is 0.275 e. The number of methoxy groups -OCH3 is 1. The standard InChI is InChI=1S/C12H16N2O5S/c1-19-12-6-10(5-11(7-12)14(15)16)13-9-3-2-4-20(17,18)8-9/h5-7,9,13H,2-4,8H2,1H3. The topological polar surface area (TPSA) is 98.5 Å². The molecule has 1 unspecified atom stereocenters. The predicted molar refractivity (Wildman–Crippen MR) is 74.9 cm³/mol. The normalized spacial score (nSPS) is 21.1. The lowest BCUT2D eigenvalue weighted by molar-refractivity contribution is -0.384. The number of hydrogen-bond donors (Lipinski definition) is 1. The van der Waals surface area contributed by atoms with Gasteiger partial charge < -0.3 is 10.1 Å². The second-order valence-electron chi connectivity index (χ2n) is 4.77. The van der Waals surface area contributed by atoms with Crippen LogP contribution in [0.15, 0.2) is 18.2 Å². The first-order valence-corrected chi connectivity index (χ1v) is 8.02. The van der Waals surface area contributed by atoms with Gasteiger partial charge >= 0.3 is 0 Å². The molecule has 20 heavy (non-hydrogen) atoms. The Morgan fingerprint density at radius 3 is 2.75 bits per heavy atom. The molecule has 0 bridgehead atoms. The van der Waals surface area contributed by atoms with Crippen LogP contribution in [0.4, 0.5) is 11.4 Å². The summed E-state index contributed by atoms with van der Waals surface area (Å²) in [7, 11) is -1.60. The monoisotopic (exact) mass is 300 g/mol. The van der Waals surface area contributed by atoms with Gasteiger partial charge in [0.25, 0.3) is 5.69 Å². The van der Waals surface area contributed by atoms with Crippen LogP contribution in [0, 0.1) is 10.1 Å². The van der Waals surface area contributed by atoms with Gasteiger partial charge in [-0.2, -0.15) is 0 Å². The molecule has 1 aliphatic heterocycles. The summed E-state index contributed by atoms with van der Waals surface area (Å²) in [6, 6.07) is 4.10. The zero-order valence-electron chi connectivity index (χ0n) is 11.0. The van der Waals surface area contributed by atoms with Crippen molar-refractivity contribution in [1.82, 2.24) is 0 Å². The lowest BCUT2D eigenvalue weighted by Crippen LogP contribution is -2.34. The van der Waals surface area contributed by atoms with Gasteiger partial charge in [-0.3, -0.25) is 10.1 Å². The largest absolute Gasteiger partial charge is 0.496 e. The summed E-state index contributed by atoms with van der Waals surface area (Å²) in [5.74, 6) is 0.627. The molecule has 0 saturated carbocycles. The van der Waals surface area contributed by atoms with Crippen molar-refractivity contribution in [2.75, 3.05) is 23.9 Å². The average Bonchev–Trinajstić information content (AvgIpc) is 2.37. The number of benzene rings is 1. The summed E-state index contributed by atoms with van der Waals surface area (Å²) < 4.78 is 28.2. The van der Waals surface area contributed by atoms with Gasteiger partial charge in [0.15, 0.2) is 9.84 Å². The van der Waals surface area contributed by atoms with Crippen LogP contribution in [0.1, 0.15) is 12.8 Å². The number of nitro benzene ring substituents is 1. The third kappa shape index (κ3) is 3.60. The SMILES string of the molecule is COc1cc(NC2CCCS(=O)(=O)C2)cc([N+](=O)[O-])c1. The molecule has 0 radical (unpaired) electrons. The number of nitro groups is 1. The van der Waals surface area contributed by atoms with Crippen molar-refractivity contribution < 1.29 is 18.1 Å². The molecule has 1 saturated heterocycles. The fourth-order valence-corrected chi connectivity index (χ4v) is 3.90. The van der Waals surface area contributed by atoms with Crippen LogP contribution in [0.3, 0.4) is 0 Å². The first kappa shape index (κ1) is 14.6. The van der Waals surface area contributed by atoms with E-state index in [0.717, 1.165) is 6.42 Å². The van der Waals surface area contributed by atoms with Crippen LogP contribution < -0.4 is 10.1 Å². The lowest BCUT2D eigenvalue weighted by Gasteiger charge is -2.24. The first-order chi connectivity index (χ1) is 9.39. The van der Waals surface area contributed by atoms with Crippen molar-refractivity contribution in [3.8, 4) is 5.75 Å². The molecule has 0 aliphatic carbocycles. The summed E-state index contributed by atoms with van der Waals surface area (Å²) in [5, 5.41) is 13.9. The van der Waals surface area contributed by atoms with Crippen LogP contribution in [-0.2, 0) is 9.84 Å². The smallest absolute Gasteiger partial charge is 0.275 e. The minimum Gasteiger partial charge on any atom is -0.496 e. The zero-order valence-corrected chi connectivity index (χ0v) is 11.9. The molecule has 0 spiro atoms. The van der Waals surface area contributed by atoms with E-state index in [-0.39, 0.29) is 23.2 Å². The van der Waals surface area contributed by atoms with Gasteiger partial charge in [0.2, 0.25) is 0 Å². The summed E-state index contributed by atoms with van der Waals surface area (Å²) in [5.41, 5.74) is 0.406. The fourth-order valence-electron chi connectivity index (χ4n) is 2.26. The molecule has 1 heterocycles. The Labute approximate surface area is 117 Å². The predicted octanol–water partition coefficient (Wildman–Crippen LogP) is 1.59. The molecule has 1 aliphatic rings. The van der Waals surface area contributed by atoms with Crippen molar-refractivity contribution in [1.29, 1.82) is 0 Å². The Hall–Kier alpha value is -1.83. The minimum atomic E-state index is -3.02. The molecule has 2 rings (SSSR count). The van der Waals surface area contributed by atoms with Crippen molar-refractivity contribution in [3.05, 3.63) is 28.3 Å². The zero-order chi connectivity index (χ0) is 14.8. The number of ether oxygens (including phenoxy) is 1. The maximum absolute atomic E-state index is 11.6. The second-order valence-corrected chi connectivity index (χ2v) is 7.00. The van der Waals surface area contributed by atoms with E-state index < -0.39 is 14.8 Å². The van der Waals surface area contributed by atoms with Gasteiger partial charge in [0.05, 0.1) is 29.6 Å². The van der Waals surface area contributed by atoms with Gasteiger partial charge in [-0.1, -0.05) is 0 Å². The highest BCUT2D eigenvalue weighted by atomic mass is 32.2. The Morgan fingerprint density at radius 2 is 2.15 bits per heavy atom. The number of nitrogens with one attached hydrogen (secondary N) is 1. The number of anilines is 1. The number of hydrogen-bond acceptors (Lipinski definition) is 6. The molecule has 1 aromatic rings. The first-order valence-electron chi connectivity index (χ1n) is 6.20. The van der Waals surface area contributed by atoms with Crippen LogP contribution in [0.5, 0.6) is 5.75 Å². The number of nitrogens with zero attached hydrogens (tertiary/aromatic N) is 1. The van der Waals surface area contributed by atoms with E-state index in [0.29, 0.717) is 17.9 Å². The molecule has 110 valence electrons. The molecule has 0 amide bonds. The molecule has 1 fully saturated rings. The van der Waals surface area contributed by atoms with E-state index in [1.807, 2.05) is 0 Å². The molecular formula is C12H16N2O5S. The third-order valence-electron chi connectivity index (χ3n) is 3.17. The van der Waals surface area contributed by atoms with Crippen molar-refractivity contribution in [2.45, 2.75) is 18.9 Å². The van der Waals surface area contributed by atoms with Crippen LogP contribution in [0.2, 0.25) is 0 Å². The Kier molecular flexibility index (Phi) is 4.12. The number of rotatable bonds is 4. The van der Waals surface area contributed by atoms with Gasteiger partial charge in [-0.05, 0) is 12.8 Å². The Morgan fingerprint density at radius 1 is 1.40 bits per heavy atom. The maximum atomic E-state index is 11.6. The third-order valence-corrected chi connectivity index (χ3v) is 4.99. The van der Waals surface area contributed by atoms with Crippen LogP contribution >= 0.6 is 0 Å². The molecular weight excluding hydrogens is 284 g/mol. The van der Waals surface area contributed by atoms with E-state index in [9.17, 15) is 18.5 Å². The second kappa shape index (κ2) is 5.66. The number of non-ortho nitro benzene ring substituents is 1. The highest BCUT2D eigenvalue weighted by Gasteiger charge is 2.25. The molecule has 1 aromatic carbocycles. The summed E-state index contributed by atoms with van der Waals surface area (Å²) in [4.78, 5) is 10.3. The molecule has 8 heteroatoms. The van der Waals surface area contributed by atoms with Gasteiger partial charge in [0.1, 0.15) is 5.75 Å². The van der Waals surface area contributed by atoms with E-state index >= 15 is 0 Å². The quantitative estimate of drug-likeness (QED) is 0.669. The highest BCUT2D eigenvalue weighted by Crippen LogP contribution is 2.27. The highest BCUT2D eigenvalue weighted by molar-refractivity contribution is 7.91. The molecule has 1 N–H and O–H groups in total. The van der Waals surface area contributed by atoms with Gasteiger partial charge in [-0.15, -0.1) is 0 Å². The Bertz CT molecular complexity index is 614. The summed E-state index contributed by atoms with van der Waals surface area (Å²) in [6.45, 7) is 0.